The van der Waals surface area contributed by atoms with Gasteiger partial charge in [-0.05, 0) is 63.9 Å². The Bertz CT molecular complexity index is 1130. The molecule has 322 valence electrons. The second-order valence-electron chi connectivity index (χ2n) is 14.2. The van der Waals surface area contributed by atoms with Gasteiger partial charge in [-0.2, -0.15) is 0 Å². The van der Waals surface area contributed by atoms with E-state index in [2.05, 4.69) is 74.6 Å². The molecule has 2 atom stereocenters. The van der Waals surface area contributed by atoms with Crippen LogP contribution in [0.1, 0.15) is 174 Å². The minimum atomic E-state index is -4.32. The summed E-state index contributed by atoms with van der Waals surface area (Å²) in [6.45, 7) is 4.03. The van der Waals surface area contributed by atoms with Gasteiger partial charge in [0, 0.05) is 13.0 Å². The predicted molar refractivity (Wildman–Crippen MR) is 237 cm³/mol. The lowest BCUT2D eigenvalue weighted by molar-refractivity contribution is -0.153. The van der Waals surface area contributed by atoms with Crippen molar-refractivity contribution in [1.82, 2.24) is 0 Å². The van der Waals surface area contributed by atoms with Crippen LogP contribution in [0, 0.1) is 0 Å². The third kappa shape index (κ3) is 42.7. The number of rotatable bonds is 41. The molecule has 8 nitrogen and oxygen atoms in total. The maximum atomic E-state index is 12.5. The molecule has 0 radical (unpaired) electrons. The monoisotopic (exact) mass is 804 g/mol. The highest BCUT2D eigenvalue weighted by Crippen LogP contribution is 2.43. The molecule has 0 aromatic heterocycles. The summed E-state index contributed by atoms with van der Waals surface area (Å²) in [4.78, 5) is 22.4. The van der Waals surface area contributed by atoms with Crippen LogP contribution in [0.2, 0.25) is 0 Å². The Labute approximate surface area is 343 Å². The standard InChI is InChI=1S/C47H82NO7P/c1-3-5-7-9-11-13-15-17-19-21-23-24-26-28-30-32-34-36-38-40-47(49)55-46(45-54-56(50,51)53-43-41-48)44-52-42-39-37-35-33-31-29-27-25-22-20-18-16-14-12-10-8-6-4-2/h5,7,11,13,17,19,23-24,28,30,34,36,39,42,46H,3-4,6,8-10,12,14-16,18,20-22,25-27,29,31-33,35,37-38,40-41,43-45,48H2,1-2H3,(H,50,51)/b7-5-,13-11-,19-17-,24-23-,30-28-,36-34-,42-39+. The van der Waals surface area contributed by atoms with E-state index in [-0.39, 0.29) is 32.8 Å². The Balaban J connectivity index is 4.21. The lowest BCUT2D eigenvalue weighted by Crippen LogP contribution is -2.27. The number of hydrogen-bond acceptors (Lipinski definition) is 7. The lowest BCUT2D eigenvalue weighted by atomic mass is 10.0. The normalized spacial score (nSPS) is 14.2. The van der Waals surface area contributed by atoms with E-state index in [1.165, 1.54) is 96.3 Å². The van der Waals surface area contributed by atoms with Crippen molar-refractivity contribution in [2.45, 2.75) is 180 Å². The number of phosphoric acid groups is 1. The molecule has 0 aliphatic heterocycles. The SMILES string of the molecule is CC/C=C\C/C=C\C/C=C\C/C=C\C/C=C\C/C=C\CCC(=O)OC(CO/C=C/CCCCCCCCCCCCCCCCCC)COP(=O)(O)OCCN. The lowest BCUT2D eigenvalue weighted by Gasteiger charge is -2.19. The van der Waals surface area contributed by atoms with E-state index in [0.29, 0.717) is 6.42 Å². The van der Waals surface area contributed by atoms with Crippen LogP contribution in [0.25, 0.3) is 0 Å². The summed E-state index contributed by atoms with van der Waals surface area (Å²) in [5.41, 5.74) is 5.36. The first-order valence-electron chi connectivity index (χ1n) is 22.1. The molecule has 0 heterocycles. The van der Waals surface area contributed by atoms with E-state index in [1.807, 2.05) is 18.2 Å². The summed E-state index contributed by atoms with van der Waals surface area (Å²) in [6, 6.07) is 0. The minimum absolute atomic E-state index is 0.00199. The van der Waals surface area contributed by atoms with Gasteiger partial charge < -0.3 is 20.1 Å². The zero-order valence-corrected chi connectivity index (χ0v) is 36.5. The van der Waals surface area contributed by atoms with Gasteiger partial charge in [-0.25, -0.2) is 4.57 Å². The van der Waals surface area contributed by atoms with Crippen molar-refractivity contribution in [1.29, 1.82) is 0 Å². The molecule has 0 spiro atoms. The quantitative estimate of drug-likeness (QED) is 0.0206. The maximum absolute atomic E-state index is 12.5. The molecule has 0 bridgehead atoms. The highest BCUT2D eigenvalue weighted by molar-refractivity contribution is 7.47. The van der Waals surface area contributed by atoms with Crippen LogP contribution in [0.3, 0.4) is 0 Å². The number of esters is 1. The van der Waals surface area contributed by atoms with Crippen molar-refractivity contribution in [3.63, 3.8) is 0 Å². The molecule has 9 heteroatoms. The van der Waals surface area contributed by atoms with E-state index in [0.717, 1.165) is 51.4 Å². The molecule has 0 aliphatic rings. The molecule has 3 N–H and O–H groups in total. The molecule has 0 aromatic carbocycles. The van der Waals surface area contributed by atoms with E-state index in [1.54, 1.807) is 6.26 Å². The van der Waals surface area contributed by atoms with Gasteiger partial charge in [-0.3, -0.25) is 13.8 Å². The van der Waals surface area contributed by atoms with Crippen molar-refractivity contribution in [3.05, 3.63) is 85.3 Å². The molecule has 2 unspecified atom stereocenters. The molecule has 0 aromatic rings. The van der Waals surface area contributed by atoms with Gasteiger partial charge in [0.15, 0.2) is 6.10 Å². The van der Waals surface area contributed by atoms with Crippen molar-refractivity contribution < 1.29 is 32.8 Å². The molecule has 0 saturated heterocycles. The first-order chi connectivity index (χ1) is 27.4. The number of unbranched alkanes of at least 4 members (excludes halogenated alkanes) is 16. The van der Waals surface area contributed by atoms with Gasteiger partial charge >= 0.3 is 13.8 Å². The number of hydrogen-bond donors (Lipinski definition) is 2. The summed E-state index contributed by atoms with van der Waals surface area (Å²) >= 11 is 0. The summed E-state index contributed by atoms with van der Waals surface area (Å²) in [7, 11) is -4.32. The first-order valence-corrected chi connectivity index (χ1v) is 23.6. The predicted octanol–water partition coefficient (Wildman–Crippen LogP) is 13.7. The Morgan fingerprint density at radius 1 is 0.571 bits per heavy atom. The molecule has 0 rings (SSSR count). The van der Waals surface area contributed by atoms with Crippen LogP contribution >= 0.6 is 7.82 Å². The summed E-state index contributed by atoms with van der Waals surface area (Å²) in [6.07, 6.45) is 57.1. The number of carbonyl (C=O) groups is 1. The number of phosphoric ester groups is 1. The fourth-order valence-corrected chi connectivity index (χ4v) is 6.46. The van der Waals surface area contributed by atoms with Crippen molar-refractivity contribution in [3.8, 4) is 0 Å². The van der Waals surface area contributed by atoms with Crippen molar-refractivity contribution in [2.75, 3.05) is 26.4 Å². The number of carbonyl (C=O) groups excluding carboxylic acids is 1. The average Bonchev–Trinajstić information content (AvgIpc) is 3.19. The Hall–Kier alpha value is -2.48. The second-order valence-corrected chi connectivity index (χ2v) is 15.7. The van der Waals surface area contributed by atoms with E-state index in [9.17, 15) is 14.3 Å². The Kier molecular flexibility index (Phi) is 41.7. The average molecular weight is 804 g/mol. The summed E-state index contributed by atoms with van der Waals surface area (Å²) in [5.74, 6) is -0.436. The number of ether oxygens (including phenoxy) is 2. The minimum Gasteiger partial charge on any atom is -0.498 e. The van der Waals surface area contributed by atoms with Crippen LogP contribution in [0.4, 0.5) is 0 Å². The second kappa shape index (κ2) is 43.6. The molecule has 0 saturated carbocycles. The van der Waals surface area contributed by atoms with E-state index < -0.39 is 19.9 Å². The number of allylic oxidation sites excluding steroid dienone is 13. The third-order valence-electron chi connectivity index (χ3n) is 8.90. The van der Waals surface area contributed by atoms with Gasteiger partial charge in [0.05, 0.1) is 19.5 Å². The van der Waals surface area contributed by atoms with Crippen LogP contribution in [0.15, 0.2) is 85.3 Å². The molecular weight excluding hydrogens is 721 g/mol. The highest BCUT2D eigenvalue weighted by Gasteiger charge is 2.25. The highest BCUT2D eigenvalue weighted by atomic mass is 31.2. The Morgan fingerprint density at radius 3 is 1.48 bits per heavy atom. The van der Waals surface area contributed by atoms with Gasteiger partial charge in [0.1, 0.15) is 6.61 Å². The van der Waals surface area contributed by atoms with Crippen LogP contribution in [0.5, 0.6) is 0 Å². The van der Waals surface area contributed by atoms with Gasteiger partial charge in [-0.1, -0.05) is 183 Å². The fraction of sp³-hybridized carbons (Fsp3) is 0.681. The zero-order chi connectivity index (χ0) is 40.9. The van der Waals surface area contributed by atoms with Gasteiger partial charge in [-0.15, -0.1) is 0 Å². The molecular formula is C47H82NO7P. The molecule has 56 heavy (non-hydrogen) atoms. The van der Waals surface area contributed by atoms with Crippen LogP contribution in [-0.4, -0.2) is 43.3 Å². The van der Waals surface area contributed by atoms with E-state index in [4.69, 9.17) is 24.3 Å². The summed E-state index contributed by atoms with van der Waals surface area (Å²) < 4.78 is 33.1. The number of nitrogens with two attached hydrogens (primary N) is 1. The molecule has 0 aliphatic carbocycles. The van der Waals surface area contributed by atoms with Crippen molar-refractivity contribution >= 4 is 13.8 Å². The zero-order valence-electron chi connectivity index (χ0n) is 35.6. The fourth-order valence-electron chi connectivity index (χ4n) is 5.69. The maximum Gasteiger partial charge on any atom is 0.472 e. The van der Waals surface area contributed by atoms with Crippen LogP contribution in [-0.2, 0) is 27.9 Å². The van der Waals surface area contributed by atoms with E-state index >= 15 is 0 Å². The Morgan fingerprint density at radius 2 is 1.02 bits per heavy atom. The first kappa shape index (κ1) is 53.5. The van der Waals surface area contributed by atoms with Crippen molar-refractivity contribution in [2.24, 2.45) is 5.73 Å². The molecule has 0 amide bonds. The van der Waals surface area contributed by atoms with Crippen LogP contribution < -0.4 is 5.73 Å². The summed E-state index contributed by atoms with van der Waals surface area (Å²) in [5, 5.41) is 0. The smallest absolute Gasteiger partial charge is 0.472 e. The topological polar surface area (TPSA) is 117 Å². The van der Waals surface area contributed by atoms with Gasteiger partial charge in [0.25, 0.3) is 0 Å². The third-order valence-corrected chi connectivity index (χ3v) is 9.89. The largest absolute Gasteiger partial charge is 0.498 e. The molecule has 0 fully saturated rings. The van der Waals surface area contributed by atoms with Gasteiger partial charge in [0.2, 0.25) is 0 Å².